The number of aliphatic hydroxyl groups is 2. The third-order valence-electron chi connectivity index (χ3n) is 6.48. The van der Waals surface area contributed by atoms with Gasteiger partial charge in [-0.3, -0.25) is 18.6 Å². The molecule has 0 aromatic heterocycles. The number of carbonyl (C=O) groups excluding carboxylic acids is 2. The molecule has 0 amide bonds. The highest BCUT2D eigenvalue weighted by Gasteiger charge is 2.27. The van der Waals surface area contributed by atoms with Crippen molar-refractivity contribution in [3.05, 3.63) is 12.2 Å². The van der Waals surface area contributed by atoms with Crippen LogP contribution in [0.3, 0.4) is 0 Å². The van der Waals surface area contributed by atoms with E-state index in [0.29, 0.717) is 12.8 Å². The number of carbonyl (C=O) groups is 2. The van der Waals surface area contributed by atoms with Gasteiger partial charge in [-0.1, -0.05) is 90.2 Å². The van der Waals surface area contributed by atoms with Crippen molar-refractivity contribution in [3.63, 3.8) is 0 Å². The Morgan fingerprint density at radius 2 is 1.00 bits per heavy atom. The van der Waals surface area contributed by atoms with Crippen LogP contribution in [0, 0.1) is 0 Å². The number of allylic oxidation sites excluding steroid dienone is 2. The van der Waals surface area contributed by atoms with E-state index < -0.39 is 58.4 Å². The molecule has 0 aromatic rings. The van der Waals surface area contributed by atoms with Gasteiger partial charge in [0, 0.05) is 12.8 Å². The number of unbranched alkanes of at least 4 members (excludes halogenated alkanes) is 13. The Bertz CT molecular complexity index is 715. The van der Waals surface area contributed by atoms with Crippen LogP contribution in [0.15, 0.2) is 12.2 Å². The van der Waals surface area contributed by atoms with Gasteiger partial charge < -0.3 is 24.6 Å². The number of phosphoric acid groups is 1. The Morgan fingerprint density at radius 1 is 0.634 bits per heavy atom. The maximum absolute atomic E-state index is 12.2. The summed E-state index contributed by atoms with van der Waals surface area (Å²) in [6.45, 7) is 2.00. The smallest absolute Gasteiger partial charge is 0.457 e. The van der Waals surface area contributed by atoms with E-state index >= 15 is 0 Å². The van der Waals surface area contributed by atoms with E-state index in [1.165, 1.54) is 32.1 Å². The molecule has 0 fully saturated rings. The Hall–Kier alpha value is -1.29. The second-order valence-corrected chi connectivity index (χ2v) is 11.9. The number of esters is 2. The molecule has 0 aromatic carbocycles. The third kappa shape index (κ3) is 26.1. The lowest BCUT2D eigenvalue weighted by atomic mass is 10.1. The quantitative estimate of drug-likeness (QED) is 0.0369. The van der Waals surface area contributed by atoms with Gasteiger partial charge in [0.05, 0.1) is 26.4 Å². The van der Waals surface area contributed by atoms with Gasteiger partial charge in [0.1, 0.15) is 12.2 Å². The number of rotatable bonds is 29. The molecule has 0 radical (unpaired) electrons. The maximum atomic E-state index is 12.2. The first-order chi connectivity index (χ1) is 19.8. The van der Waals surface area contributed by atoms with E-state index in [1.54, 1.807) is 0 Å². The van der Waals surface area contributed by atoms with Crippen LogP contribution in [0.25, 0.3) is 0 Å². The summed E-state index contributed by atoms with van der Waals surface area (Å²) in [5.74, 6) is -1.05. The number of phosphoric ester groups is 1. The second-order valence-electron chi connectivity index (χ2n) is 10.4. The Morgan fingerprint density at radius 3 is 1.41 bits per heavy atom. The van der Waals surface area contributed by atoms with E-state index in [-0.39, 0.29) is 12.8 Å². The lowest BCUT2D eigenvalue weighted by Gasteiger charge is -2.20. The topological polar surface area (TPSA) is 149 Å². The molecule has 0 rings (SSSR count). The molecule has 3 unspecified atom stereocenters. The summed E-state index contributed by atoms with van der Waals surface area (Å²) < 4.78 is 32.0. The molecule has 3 N–H and O–H groups in total. The molecule has 11 heteroatoms. The molecule has 0 aliphatic carbocycles. The first kappa shape index (κ1) is 39.7. The van der Waals surface area contributed by atoms with Crippen molar-refractivity contribution < 1.29 is 47.8 Å². The summed E-state index contributed by atoms with van der Waals surface area (Å²) in [5.41, 5.74) is 0. The highest BCUT2D eigenvalue weighted by molar-refractivity contribution is 7.47. The largest absolute Gasteiger partial charge is 0.472 e. The zero-order chi connectivity index (χ0) is 30.6. The molecule has 0 saturated heterocycles. The van der Waals surface area contributed by atoms with Crippen molar-refractivity contribution in [2.24, 2.45) is 0 Å². The minimum atomic E-state index is -4.61. The molecule has 41 heavy (non-hydrogen) atoms. The van der Waals surface area contributed by atoms with Crippen LogP contribution in [-0.2, 0) is 32.7 Å². The molecule has 0 saturated carbocycles. The van der Waals surface area contributed by atoms with E-state index in [9.17, 15) is 29.3 Å². The Labute approximate surface area is 247 Å². The summed E-state index contributed by atoms with van der Waals surface area (Å²) in [4.78, 5) is 33.8. The van der Waals surface area contributed by atoms with Gasteiger partial charge in [0.2, 0.25) is 0 Å². The molecular formula is C30H57O10P. The summed E-state index contributed by atoms with van der Waals surface area (Å²) in [7, 11) is -4.61. The summed E-state index contributed by atoms with van der Waals surface area (Å²) in [6.07, 6.45) is 19.8. The normalized spacial score (nSPS) is 14.6. The maximum Gasteiger partial charge on any atom is 0.472 e. The van der Waals surface area contributed by atoms with Crippen molar-refractivity contribution in [1.29, 1.82) is 0 Å². The average molecular weight is 609 g/mol. The Balaban J connectivity index is 4.01. The van der Waals surface area contributed by atoms with Crippen molar-refractivity contribution in [2.45, 2.75) is 142 Å². The van der Waals surface area contributed by atoms with Gasteiger partial charge in [-0.25, -0.2) is 4.57 Å². The molecule has 0 bridgehead atoms. The zero-order valence-electron chi connectivity index (χ0n) is 25.5. The summed E-state index contributed by atoms with van der Waals surface area (Å²) in [5, 5.41) is 18.8. The van der Waals surface area contributed by atoms with Crippen LogP contribution in [-0.4, -0.2) is 65.7 Å². The van der Waals surface area contributed by atoms with E-state index in [0.717, 1.165) is 57.8 Å². The average Bonchev–Trinajstić information content (AvgIpc) is 2.95. The SMILES string of the molecule is CCCCCCC/C=C\CCCCCCCC(=O)OC(CO)COP(=O)(O)OCC(CO)OC(=O)CCCCCC. The molecule has 10 nitrogen and oxygen atoms in total. The van der Waals surface area contributed by atoms with E-state index in [4.69, 9.17) is 18.5 Å². The predicted octanol–water partition coefficient (Wildman–Crippen LogP) is 6.55. The minimum Gasteiger partial charge on any atom is -0.457 e. The number of aliphatic hydroxyl groups excluding tert-OH is 2. The molecular weight excluding hydrogens is 551 g/mol. The molecule has 0 aliphatic heterocycles. The molecule has 3 atom stereocenters. The van der Waals surface area contributed by atoms with Gasteiger partial charge >= 0.3 is 19.8 Å². The monoisotopic (exact) mass is 608 g/mol. The highest BCUT2D eigenvalue weighted by atomic mass is 31.2. The highest BCUT2D eigenvalue weighted by Crippen LogP contribution is 2.43. The first-order valence-corrected chi connectivity index (χ1v) is 17.1. The van der Waals surface area contributed by atoms with Crippen molar-refractivity contribution >= 4 is 19.8 Å². The Kier molecular flexibility index (Phi) is 26.7. The van der Waals surface area contributed by atoms with Gasteiger partial charge in [-0.05, 0) is 38.5 Å². The lowest BCUT2D eigenvalue weighted by Crippen LogP contribution is -2.28. The van der Waals surface area contributed by atoms with Gasteiger partial charge in [-0.2, -0.15) is 0 Å². The predicted molar refractivity (Wildman–Crippen MR) is 159 cm³/mol. The number of hydrogen-bond acceptors (Lipinski definition) is 9. The van der Waals surface area contributed by atoms with Gasteiger partial charge in [-0.15, -0.1) is 0 Å². The van der Waals surface area contributed by atoms with Crippen LogP contribution in [0.1, 0.15) is 129 Å². The van der Waals surface area contributed by atoms with E-state index in [1.807, 2.05) is 0 Å². The third-order valence-corrected chi connectivity index (χ3v) is 7.43. The van der Waals surface area contributed by atoms with Crippen LogP contribution < -0.4 is 0 Å². The van der Waals surface area contributed by atoms with Crippen molar-refractivity contribution in [1.82, 2.24) is 0 Å². The molecule has 0 aliphatic rings. The fourth-order valence-corrected chi connectivity index (χ4v) is 4.77. The minimum absolute atomic E-state index is 0.184. The van der Waals surface area contributed by atoms with Crippen LogP contribution >= 0.6 is 7.82 Å². The first-order valence-electron chi connectivity index (χ1n) is 15.6. The molecule has 0 heterocycles. The number of ether oxygens (including phenoxy) is 2. The zero-order valence-corrected chi connectivity index (χ0v) is 26.4. The van der Waals surface area contributed by atoms with Crippen LogP contribution in [0.5, 0.6) is 0 Å². The van der Waals surface area contributed by atoms with Crippen LogP contribution in [0.2, 0.25) is 0 Å². The molecule has 0 spiro atoms. The lowest BCUT2D eigenvalue weighted by molar-refractivity contribution is -0.153. The van der Waals surface area contributed by atoms with Gasteiger partial charge in [0.25, 0.3) is 0 Å². The van der Waals surface area contributed by atoms with Gasteiger partial charge in [0.15, 0.2) is 0 Å². The van der Waals surface area contributed by atoms with Crippen LogP contribution in [0.4, 0.5) is 0 Å². The van der Waals surface area contributed by atoms with Crippen molar-refractivity contribution in [3.8, 4) is 0 Å². The fraction of sp³-hybridized carbons (Fsp3) is 0.867. The standard InChI is InChI=1S/C30H57O10P/c1-3-5-7-9-10-11-12-13-14-15-16-17-18-20-22-30(34)40-28(24-32)26-38-41(35,36)37-25-27(23-31)39-29(33)21-19-8-6-4-2/h12-13,27-28,31-32H,3-11,14-26H2,1-2H3,(H,35,36)/b13-12-. The number of hydrogen-bond donors (Lipinski definition) is 3. The van der Waals surface area contributed by atoms with E-state index in [2.05, 4.69) is 26.0 Å². The van der Waals surface area contributed by atoms with Crippen molar-refractivity contribution in [2.75, 3.05) is 26.4 Å². The second kappa shape index (κ2) is 27.5. The molecule has 242 valence electrons. The fourth-order valence-electron chi connectivity index (χ4n) is 3.99. The summed E-state index contributed by atoms with van der Waals surface area (Å²) >= 11 is 0. The summed E-state index contributed by atoms with van der Waals surface area (Å²) in [6, 6.07) is 0.